The van der Waals surface area contributed by atoms with E-state index in [1.165, 1.54) is 0 Å². The van der Waals surface area contributed by atoms with Crippen LogP contribution >= 0.6 is 7.14 Å². The second-order valence-corrected chi connectivity index (χ2v) is 10.7. The molecule has 1 unspecified atom stereocenters. The highest BCUT2D eigenvalue weighted by Gasteiger charge is 2.76. The lowest BCUT2D eigenvalue weighted by Gasteiger charge is -2.29. The maximum absolute atomic E-state index is 14.8. The standard InChI is InChI=1S/C24H24NO3P/c1-3-24-23(25(24)22(26)20-16-17(2)14-15-21(20)28-24)29(27,18-10-6-4-7-11-18)19-12-8-5-9-13-19/h4-16,22-23,26H,3H2,1-2H3/t22-,23-,24-,25?/m0/s1. The predicted molar refractivity (Wildman–Crippen MR) is 115 cm³/mol. The molecule has 0 radical (unpaired) electrons. The summed E-state index contributed by atoms with van der Waals surface area (Å²) in [6.45, 7) is 4.02. The number of fused-ring (bicyclic) bond motifs is 2. The molecule has 0 spiro atoms. The fourth-order valence-electron chi connectivity index (χ4n) is 4.70. The molecule has 0 amide bonds. The highest BCUT2D eigenvalue weighted by molar-refractivity contribution is 7.79. The van der Waals surface area contributed by atoms with Gasteiger partial charge in [-0.1, -0.05) is 79.2 Å². The van der Waals surface area contributed by atoms with E-state index in [0.29, 0.717) is 12.2 Å². The Labute approximate surface area is 171 Å². The molecular formula is C24H24NO3P. The minimum absolute atomic E-state index is 0.424. The van der Waals surface area contributed by atoms with Crippen molar-refractivity contribution in [3.8, 4) is 5.75 Å². The van der Waals surface area contributed by atoms with Crippen molar-refractivity contribution in [3.63, 3.8) is 0 Å². The predicted octanol–water partition coefficient (Wildman–Crippen LogP) is 4.14. The molecule has 4 atom stereocenters. The van der Waals surface area contributed by atoms with E-state index in [1.807, 2.05) is 97.6 Å². The molecule has 2 aliphatic heterocycles. The maximum Gasteiger partial charge on any atom is 0.189 e. The number of rotatable bonds is 4. The van der Waals surface area contributed by atoms with E-state index in [4.69, 9.17) is 4.74 Å². The van der Waals surface area contributed by atoms with Crippen molar-refractivity contribution in [2.75, 3.05) is 0 Å². The normalized spacial score (nSPS) is 27.5. The number of nitrogens with zero attached hydrogens (tertiary/aromatic N) is 1. The lowest BCUT2D eigenvalue weighted by Crippen LogP contribution is -2.33. The summed E-state index contributed by atoms with van der Waals surface area (Å²) in [5, 5.41) is 12.8. The van der Waals surface area contributed by atoms with Crippen LogP contribution in [0.2, 0.25) is 0 Å². The van der Waals surface area contributed by atoms with Gasteiger partial charge in [-0.15, -0.1) is 0 Å². The Morgan fingerprint density at radius 1 is 1.00 bits per heavy atom. The van der Waals surface area contributed by atoms with Crippen LogP contribution in [0.4, 0.5) is 0 Å². The van der Waals surface area contributed by atoms with Gasteiger partial charge >= 0.3 is 0 Å². The van der Waals surface area contributed by atoms with Crippen molar-refractivity contribution < 1.29 is 14.4 Å². The van der Waals surface area contributed by atoms with Crippen molar-refractivity contribution >= 4 is 17.8 Å². The number of ether oxygens (including phenoxy) is 1. The molecule has 148 valence electrons. The first-order chi connectivity index (χ1) is 14.0. The van der Waals surface area contributed by atoms with Gasteiger partial charge in [0.2, 0.25) is 0 Å². The Bertz CT molecular complexity index is 1060. The van der Waals surface area contributed by atoms with Crippen LogP contribution in [0, 0.1) is 6.92 Å². The molecule has 2 aliphatic rings. The Morgan fingerprint density at radius 3 is 2.14 bits per heavy atom. The quantitative estimate of drug-likeness (QED) is 0.524. The number of aryl methyl sites for hydroxylation is 1. The van der Waals surface area contributed by atoms with Crippen molar-refractivity contribution in [1.82, 2.24) is 4.90 Å². The summed E-state index contributed by atoms with van der Waals surface area (Å²) in [4.78, 5) is 1.90. The Morgan fingerprint density at radius 2 is 1.59 bits per heavy atom. The molecule has 2 heterocycles. The molecule has 1 N–H and O–H groups in total. The molecule has 0 saturated carbocycles. The van der Waals surface area contributed by atoms with Crippen LogP contribution in [0.25, 0.3) is 0 Å². The summed E-state index contributed by atoms with van der Waals surface area (Å²) in [5.41, 5.74) is 1.02. The summed E-state index contributed by atoms with van der Waals surface area (Å²) >= 11 is 0. The van der Waals surface area contributed by atoms with Crippen molar-refractivity contribution in [3.05, 3.63) is 90.0 Å². The van der Waals surface area contributed by atoms with Crippen molar-refractivity contribution in [2.45, 2.75) is 38.0 Å². The van der Waals surface area contributed by atoms with E-state index in [2.05, 4.69) is 0 Å². The first-order valence-electron chi connectivity index (χ1n) is 9.99. The van der Waals surface area contributed by atoms with Crippen LogP contribution in [0.1, 0.15) is 30.7 Å². The van der Waals surface area contributed by atoms with Gasteiger partial charge in [0.1, 0.15) is 17.8 Å². The average molecular weight is 405 g/mol. The van der Waals surface area contributed by atoms with Gasteiger partial charge in [0.15, 0.2) is 12.9 Å². The van der Waals surface area contributed by atoms with Crippen LogP contribution < -0.4 is 15.3 Å². The molecule has 0 aromatic heterocycles. The van der Waals surface area contributed by atoms with Gasteiger partial charge in [-0.05, 0) is 19.1 Å². The van der Waals surface area contributed by atoms with E-state index in [-0.39, 0.29) is 0 Å². The minimum atomic E-state index is -3.11. The number of aliphatic hydroxyl groups is 1. The van der Waals surface area contributed by atoms with Gasteiger partial charge < -0.3 is 14.4 Å². The molecular weight excluding hydrogens is 381 g/mol. The van der Waals surface area contributed by atoms with Crippen LogP contribution in [0.15, 0.2) is 78.9 Å². The molecule has 1 fully saturated rings. The number of hydrogen-bond donors (Lipinski definition) is 1. The highest BCUT2D eigenvalue weighted by atomic mass is 31.2. The molecule has 0 aliphatic carbocycles. The third-order valence-electron chi connectivity index (χ3n) is 6.16. The minimum Gasteiger partial charge on any atom is -0.470 e. The first-order valence-corrected chi connectivity index (χ1v) is 11.8. The van der Waals surface area contributed by atoms with Crippen LogP contribution in [0.3, 0.4) is 0 Å². The SMILES string of the molecule is CC[C@@]12Oc3ccc(C)cc3[C@H](O)N1[C@H]2P(=O)(c1ccccc1)c1ccccc1. The Kier molecular flexibility index (Phi) is 4.22. The van der Waals surface area contributed by atoms with Gasteiger partial charge in [-0.25, -0.2) is 4.90 Å². The van der Waals surface area contributed by atoms with Crippen LogP contribution in [0.5, 0.6) is 5.75 Å². The Hall–Kier alpha value is -2.39. The van der Waals surface area contributed by atoms with E-state index in [1.54, 1.807) is 0 Å². The fraction of sp³-hybridized carbons (Fsp3) is 0.250. The van der Waals surface area contributed by atoms with Gasteiger partial charge in [0, 0.05) is 22.6 Å². The van der Waals surface area contributed by atoms with Crippen LogP contribution in [-0.4, -0.2) is 21.5 Å². The lowest BCUT2D eigenvalue weighted by molar-refractivity contribution is -0.0251. The van der Waals surface area contributed by atoms with Crippen molar-refractivity contribution in [2.24, 2.45) is 0 Å². The third kappa shape index (κ3) is 2.56. The molecule has 3 aromatic carbocycles. The summed E-state index contributed by atoms with van der Waals surface area (Å²) in [6, 6.07) is 25.1. The first kappa shape index (κ1) is 18.6. The van der Waals surface area contributed by atoms with E-state index >= 15 is 0 Å². The monoisotopic (exact) mass is 405 g/mol. The average Bonchev–Trinajstić information content (AvgIpc) is 3.45. The van der Waals surface area contributed by atoms with E-state index in [9.17, 15) is 9.67 Å². The second-order valence-electron chi connectivity index (χ2n) is 7.83. The largest absolute Gasteiger partial charge is 0.470 e. The number of aliphatic hydroxyl groups excluding tert-OH is 1. The van der Waals surface area contributed by atoms with Crippen molar-refractivity contribution in [1.29, 1.82) is 0 Å². The third-order valence-corrected chi connectivity index (χ3v) is 9.63. The second kappa shape index (κ2) is 6.56. The van der Waals surface area contributed by atoms with Gasteiger partial charge in [-0.3, -0.25) is 0 Å². The lowest BCUT2D eigenvalue weighted by atomic mass is 10.1. The zero-order valence-corrected chi connectivity index (χ0v) is 17.4. The molecule has 0 bridgehead atoms. The molecule has 29 heavy (non-hydrogen) atoms. The topological polar surface area (TPSA) is 49.5 Å². The fourth-order valence-corrected chi connectivity index (χ4v) is 8.33. The summed E-state index contributed by atoms with van der Waals surface area (Å²) in [5.74, 6) is 0.254. The Balaban J connectivity index is 1.69. The highest BCUT2D eigenvalue weighted by Crippen LogP contribution is 2.70. The smallest absolute Gasteiger partial charge is 0.189 e. The number of benzene rings is 3. The van der Waals surface area contributed by atoms with Gasteiger partial charge in [0.05, 0.1) is 0 Å². The molecule has 1 saturated heterocycles. The number of hydrogen-bond acceptors (Lipinski definition) is 4. The molecule has 5 rings (SSSR count). The zero-order valence-electron chi connectivity index (χ0n) is 16.5. The maximum atomic E-state index is 14.8. The van der Waals surface area contributed by atoms with Gasteiger partial charge in [0.25, 0.3) is 0 Å². The zero-order chi connectivity index (χ0) is 20.2. The molecule has 5 heteroatoms. The van der Waals surface area contributed by atoms with E-state index in [0.717, 1.165) is 21.7 Å². The van der Waals surface area contributed by atoms with E-state index < -0.39 is 24.9 Å². The van der Waals surface area contributed by atoms with Gasteiger partial charge in [-0.2, -0.15) is 0 Å². The van der Waals surface area contributed by atoms with Crippen LogP contribution in [-0.2, 0) is 4.57 Å². The molecule has 3 aromatic rings. The summed E-state index contributed by atoms with van der Waals surface area (Å²) in [7, 11) is -3.11. The summed E-state index contributed by atoms with van der Waals surface area (Å²) in [6.07, 6.45) is -0.213. The molecule has 4 nitrogen and oxygen atoms in total. The summed E-state index contributed by atoms with van der Waals surface area (Å²) < 4.78 is 21.3.